The number of aryl methyl sites for hydroxylation is 1. The lowest BCUT2D eigenvalue weighted by Gasteiger charge is -2.07. The quantitative estimate of drug-likeness (QED) is 0.925. The van der Waals surface area contributed by atoms with Crippen molar-refractivity contribution in [3.8, 4) is 11.3 Å². The average Bonchev–Trinajstić information content (AvgIpc) is 2.77. The predicted molar refractivity (Wildman–Crippen MR) is 64.8 cm³/mol. The summed E-state index contributed by atoms with van der Waals surface area (Å²) in [4.78, 5) is 10.9. The zero-order valence-electron chi connectivity index (χ0n) is 10.2. The van der Waals surface area contributed by atoms with Crippen LogP contribution in [0, 0.1) is 11.6 Å². The number of nitrogens with zero attached hydrogens (tertiary/aromatic N) is 2. The van der Waals surface area contributed by atoms with Crippen LogP contribution >= 0.6 is 0 Å². The molecule has 1 aromatic heterocycles. The molecular weight excluding hydrogens is 254 g/mol. The fourth-order valence-electron chi connectivity index (χ4n) is 1.81. The third-order valence-corrected chi connectivity index (χ3v) is 2.64. The fourth-order valence-corrected chi connectivity index (χ4v) is 1.81. The number of rotatable bonds is 4. The molecule has 4 nitrogen and oxygen atoms in total. The van der Waals surface area contributed by atoms with Crippen LogP contribution in [0.3, 0.4) is 0 Å². The number of halogens is 2. The van der Waals surface area contributed by atoms with Crippen molar-refractivity contribution in [2.75, 3.05) is 0 Å². The second-order valence-corrected chi connectivity index (χ2v) is 4.07. The van der Waals surface area contributed by atoms with Gasteiger partial charge in [0, 0.05) is 12.1 Å². The zero-order chi connectivity index (χ0) is 14.0. The molecule has 0 bridgehead atoms. The Kier molecular flexibility index (Phi) is 3.59. The van der Waals surface area contributed by atoms with Gasteiger partial charge >= 0.3 is 5.97 Å². The molecule has 1 aromatic carbocycles. The first-order valence-electron chi connectivity index (χ1n) is 5.79. The van der Waals surface area contributed by atoms with Crippen molar-refractivity contribution in [2.45, 2.75) is 19.9 Å². The normalized spacial score (nSPS) is 10.7. The van der Waals surface area contributed by atoms with Crippen LogP contribution in [0.25, 0.3) is 11.3 Å². The van der Waals surface area contributed by atoms with Crippen molar-refractivity contribution in [3.05, 3.63) is 41.6 Å². The summed E-state index contributed by atoms with van der Waals surface area (Å²) in [5.41, 5.74) is 0.0804. The number of aromatic nitrogens is 2. The van der Waals surface area contributed by atoms with Crippen molar-refractivity contribution in [2.24, 2.45) is 0 Å². The largest absolute Gasteiger partial charge is 0.476 e. The summed E-state index contributed by atoms with van der Waals surface area (Å²) in [7, 11) is 0. The third kappa shape index (κ3) is 2.62. The number of hydrogen-bond acceptors (Lipinski definition) is 2. The number of carboxylic acid groups (broad SMARTS) is 1. The summed E-state index contributed by atoms with van der Waals surface area (Å²) < 4.78 is 28.3. The van der Waals surface area contributed by atoms with Gasteiger partial charge in [0.15, 0.2) is 5.69 Å². The van der Waals surface area contributed by atoms with Crippen molar-refractivity contribution in [1.29, 1.82) is 0 Å². The maximum atomic E-state index is 13.7. The highest BCUT2D eigenvalue weighted by molar-refractivity contribution is 5.87. The van der Waals surface area contributed by atoms with Gasteiger partial charge in [-0.25, -0.2) is 13.6 Å². The van der Waals surface area contributed by atoms with Gasteiger partial charge in [0.05, 0.1) is 5.69 Å². The number of carboxylic acids is 1. The average molecular weight is 266 g/mol. The number of aromatic carboxylic acids is 1. The van der Waals surface area contributed by atoms with Crippen LogP contribution in [0.4, 0.5) is 8.78 Å². The molecule has 0 radical (unpaired) electrons. The van der Waals surface area contributed by atoms with E-state index in [2.05, 4.69) is 5.10 Å². The minimum Gasteiger partial charge on any atom is -0.476 e. The summed E-state index contributed by atoms with van der Waals surface area (Å²) in [5, 5.41) is 12.8. The van der Waals surface area contributed by atoms with Gasteiger partial charge in [0.1, 0.15) is 11.6 Å². The van der Waals surface area contributed by atoms with Crippen LogP contribution in [0.5, 0.6) is 0 Å². The second kappa shape index (κ2) is 5.17. The summed E-state index contributed by atoms with van der Waals surface area (Å²) in [6, 6.07) is 4.30. The van der Waals surface area contributed by atoms with Gasteiger partial charge in [0.25, 0.3) is 0 Å². The first-order valence-corrected chi connectivity index (χ1v) is 5.79. The van der Waals surface area contributed by atoms with Crippen LogP contribution < -0.4 is 0 Å². The van der Waals surface area contributed by atoms with Gasteiger partial charge in [-0.05, 0) is 30.7 Å². The van der Waals surface area contributed by atoms with Gasteiger partial charge in [-0.1, -0.05) is 6.92 Å². The Morgan fingerprint density at radius 1 is 1.37 bits per heavy atom. The van der Waals surface area contributed by atoms with E-state index in [1.165, 1.54) is 10.7 Å². The predicted octanol–water partition coefficient (Wildman–Crippen LogP) is 2.94. The molecule has 2 aromatic rings. The molecule has 0 atom stereocenters. The van der Waals surface area contributed by atoms with E-state index >= 15 is 0 Å². The molecule has 1 heterocycles. The first-order chi connectivity index (χ1) is 9.02. The fraction of sp³-hybridized carbons (Fsp3) is 0.231. The molecule has 6 heteroatoms. The van der Waals surface area contributed by atoms with Crippen LogP contribution in [0.15, 0.2) is 24.3 Å². The Balaban J connectivity index is 2.59. The first kappa shape index (κ1) is 13.2. The topological polar surface area (TPSA) is 55.1 Å². The third-order valence-electron chi connectivity index (χ3n) is 2.64. The molecule has 0 fully saturated rings. The molecule has 1 N–H and O–H groups in total. The Bertz CT molecular complexity index is 623. The molecule has 100 valence electrons. The lowest BCUT2D eigenvalue weighted by Crippen LogP contribution is -2.04. The highest BCUT2D eigenvalue weighted by atomic mass is 19.1. The lowest BCUT2D eigenvalue weighted by molar-refractivity contribution is 0.0689. The highest BCUT2D eigenvalue weighted by Gasteiger charge is 2.17. The number of carbonyl (C=O) groups is 1. The standard InChI is InChI=1S/C13H12F2N2O2/c1-2-5-17-12(7-11(16-17)13(18)19)9-6-8(14)3-4-10(9)15/h3-4,6-7H,2,5H2,1H3,(H,18,19). The molecule has 0 unspecified atom stereocenters. The number of benzene rings is 1. The molecule has 0 aliphatic rings. The summed E-state index contributed by atoms with van der Waals surface area (Å²) in [6.45, 7) is 2.31. The maximum absolute atomic E-state index is 13.7. The zero-order valence-corrected chi connectivity index (χ0v) is 10.2. The lowest BCUT2D eigenvalue weighted by atomic mass is 10.1. The van der Waals surface area contributed by atoms with E-state index in [1.54, 1.807) is 0 Å². The van der Waals surface area contributed by atoms with Crippen LogP contribution in [-0.2, 0) is 6.54 Å². The molecule has 0 saturated heterocycles. The summed E-state index contributed by atoms with van der Waals surface area (Å²) >= 11 is 0. The Labute approximate surface area is 108 Å². The molecule has 2 rings (SSSR count). The van der Waals surface area contributed by atoms with Crippen molar-refractivity contribution < 1.29 is 18.7 Å². The SMILES string of the molecule is CCCn1nc(C(=O)O)cc1-c1cc(F)ccc1F. The van der Waals surface area contributed by atoms with E-state index in [-0.39, 0.29) is 17.0 Å². The van der Waals surface area contributed by atoms with Crippen molar-refractivity contribution in [3.63, 3.8) is 0 Å². The molecule has 0 amide bonds. The summed E-state index contributed by atoms with van der Waals surface area (Å²) in [5.74, 6) is -2.40. The van der Waals surface area contributed by atoms with Gasteiger partial charge in [0.2, 0.25) is 0 Å². The summed E-state index contributed by atoms with van der Waals surface area (Å²) in [6.07, 6.45) is 0.699. The number of hydrogen-bond donors (Lipinski definition) is 1. The molecular formula is C13H12F2N2O2. The minimum absolute atomic E-state index is 0.00782. The molecule has 0 aliphatic carbocycles. The van der Waals surface area contributed by atoms with Crippen LogP contribution in [-0.4, -0.2) is 20.9 Å². The van der Waals surface area contributed by atoms with E-state index in [0.717, 1.165) is 18.2 Å². The molecule has 19 heavy (non-hydrogen) atoms. The maximum Gasteiger partial charge on any atom is 0.356 e. The van der Waals surface area contributed by atoms with Gasteiger partial charge in [-0.2, -0.15) is 5.10 Å². The van der Waals surface area contributed by atoms with Crippen LogP contribution in [0.1, 0.15) is 23.8 Å². The Morgan fingerprint density at radius 2 is 2.11 bits per heavy atom. The minimum atomic E-state index is -1.20. The highest BCUT2D eigenvalue weighted by Crippen LogP contribution is 2.25. The van der Waals surface area contributed by atoms with E-state index in [4.69, 9.17) is 5.11 Å². The van der Waals surface area contributed by atoms with E-state index in [0.29, 0.717) is 13.0 Å². The second-order valence-electron chi connectivity index (χ2n) is 4.07. The van der Waals surface area contributed by atoms with E-state index < -0.39 is 17.6 Å². The van der Waals surface area contributed by atoms with Gasteiger partial charge < -0.3 is 5.11 Å². The Morgan fingerprint density at radius 3 is 2.74 bits per heavy atom. The van der Waals surface area contributed by atoms with E-state index in [9.17, 15) is 13.6 Å². The Hall–Kier alpha value is -2.24. The van der Waals surface area contributed by atoms with Crippen molar-refractivity contribution >= 4 is 5.97 Å². The molecule has 0 spiro atoms. The monoisotopic (exact) mass is 266 g/mol. The van der Waals surface area contributed by atoms with Crippen molar-refractivity contribution in [1.82, 2.24) is 9.78 Å². The molecule has 0 saturated carbocycles. The van der Waals surface area contributed by atoms with Gasteiger partial charge in [-0.15, -0.1) is 0 Å². The van der Waals surface area contributed by atoms with E-state index in [1.807, 2.05) is 6.92 Å². The smallest absolute Gasteiger partial charge is 0.356 e. The molecule has 0 aliphatic heterocycles. The van der Waals surface area contributed by atoms with Crippen LogP contribution in [0.2, 0.25) is 0 Å². The van der Waals surface area contributed by atoms with Gasteiger partial charge in [-0.3, -0.25) is 4.68 Å².